The summed E-state index contributed by atoms with van der Waals surface area (Å²) in [6.07, 6.45) is 1.38. The Labute approximate surface area is 110 Å². The SMILES string of the molecule is COC1CCN(c2cc3nc(C)sc3cc2N)C1. The Bertz CT molecular complexity index is 581. The summed E-state index contributed by atoms with van der Waals surface area (Å²) in [5.74, 6) is 0. The van der Waals surface area contributed by atoms with Crippen LogP contribution in [0.2, 0.25) is 0 Å². The number of hydrogen-bond acceptors (Lipinski definition) is 5. The zero-order chi connectivity index (χ0) is 12.7. The molecule has 3 rings (SSSR count). The van der Waals surface area contributed by atoms with Crippen LogP contribution in [0.1, 0.15) is 11.4 Å². The van der Waals surface area contributed by atoms with Gasteiger partial charge in [0, 0.05) is 20.2 Å². The van der Waals surface area contributed by atoms with E-state index in [-0.39, 0.29) is 0 Å². The number of thiazole rings is 1. The molecule has 1 aliphatic heterocycles. The highest BCUT2D eigenvalue weighted by atomic mass is 32.1. The van der Waals surface area contributed by atoms with Crippen LogP contribution in [0.25, 0.3) is 10.2 Å². The fourth-order valence-electron chi connectivity index (χ4n) is 2.51. The third kappa shape index (κ3) is 1.93. The summed E-state index contributed by atoms with van der Waals surface area (Å²) < 4.78 is 6.56. The van der Waals surface area contributed by atoms with E-state index in [1.54, 1.807) is 18.4 Å². The average Bonchev–Trinajstić information content (AvgIpc) is 2.92. The number of methoxy groups -OCH3 is 1. The van der Waals surface area contributed by atoms with Crippen molar-refractivity contribution in [2.45, 2.75) is 19.4 Å². The lowest BCUT2D eigenvalue weighted by molar-refractivity contribution is 0.121. The number of ether oxygens (including phenoxy) is 1. The molecule has 1 aromatic heterocycles. The molecule has 2 heterocycles. The lowest BCUT2D eigenvalue weighted by atomic mass is 10.2. The largest absolute Gasteiger partial charge is 0.397 e. The Hall–Kier alpha value is -1.33. The lowest BCUT2D eigenvalue weighted by Crippen LogP contribution is -2.23. The molecule has 1 fully saturated rings. The Balaban J connectivity index is 1.98. The van der Waals surface area contributed by atoms with Crippen LogP contribution in [0.4, 0.5) is 11.4 Å². The van der Waals surface area contributed by atoms with Crippen LogP contribution >= 0.6 is 11.3 Å². The first-order valence-corrected chi connectivity index (χ1v) is 6.93. The topological polar surface area (TPSA) is 51.4 Å². The van der Waals surface area contributed by atoms with E-state index in [1.807, 2.05) is 13.0 Å². The summed E-state index contributed by atoms with van der Waals surface area (Å²) in [5, 5.41) is 1.08. The van der Waals surface area contributed by atoms with E-state index in [1.165, 1.54) is 0 Å². The molecule has 2 aromatic rings. The molecule has 0 bridgehead atoms. The third-order valence-electron chi connectivity index (χ3n) is 3.46. The Kier molecular flexibility index (Phi) is 2.87. The van der Waals surface area contributed by atoms with Gasteiger partial charge in [0.1, 0.15) is 0 Å². The second kappa shape index (κ2) is 4.40. The minimum absolute atomic E-state index is 0.317. The number of nitrogen functional groups attached to an aromatic ring is 1. The number of rotatable bonds is 2. The maximum atomic E-state index is 6.16. The summed E-state index contributed by atoms with van der Waals surface area (Å²) >= 11 is 1.69. The number of hydrogen-bond donors (Lipinski definition) is 1. The van der Waals surface area contributed by atoms with E-state index in [0.717, 1.165) is 46.1 Å². The molecule has 1 atom stereocenters. The van der Waals surface area contributed by atoms with Crippen LogP contribution in [0.15, 0.2) is 12.1 Å². The van der Waals surface area contributed by atoms with Crippen molar-refractivity contribution in [3.8, 4) is 0 Å². The first kappa shape index (κ1) is 11.7. The van der Waals surface area contributed by atoms with Crippen LogP contribution in [0, 0.1) is 6.92 Å². The van der Waals surface area contributed by atoms with Gasteiger partial charge in [-0.1, -0.05) is 0 Å². The summed E-state index contributed by atoms with van der Waals surface area (Å²) in [7, 11) is 1.77. The zero-order valence-corrected chi connectivity index (χ0v) is 11.5. The van der Waals surface area contributed by atoms with Crippen molar-refractivity contribution in [2.75, 3.05) is 30.8 Å². The maximum absolute atomic E-state index is 6.16. The molecule has 1 unspecified atom stereocenters. The van der Waals surface area contributed by atoms with Crippen molar-refractivity contribution in [3.63, 3.8) is 0 Å². The summed E-state index contributed by atoms with van der Waals surface area (Å²) in [6, 6.07) is 4.14. The molecule has 2 N–H and O–H groups in total. The number of benzene rings is 1. The third-order valence-corrected chi connectivity index (χ3v) is 4.40. The van der Waals surface area contributed by atoms with Crippen LogP contribution in [0.3, 0.4) is 0 Å². The minimum Gasteiger partial charge on any atom is -0.397 e. The monoisotopic (exact) mass is 263 g/mol. The number of nitrogens with zero attached hydrogens (tertiary/aromatic N) is 2. The van der Waals surface area contributed by atoms with Crippen LogP contribution in [-0.2, 0) is 4.74 Å². The van der Waals surface area contributed by atoms with E-state index in [2.05, 4.69) is 16.0 Å². The molecule has 4 nitrogen and oxygen atoms in total. The number of anilines is 2. The normalized spacial score (nSPS) is 19.9. The summed E-state index contributed by atoms with van der Waals surface area (Å²) in [5.41, 5.74) is 9.13. The molecule has 96 valence electrons. The summed E-state index contributed by atoms with van der Waals surface area (Å²) in [6.45, 7) is 3.93. The van der Waals surface area contributed by atoms with Crippen molar-refractivity contribution < 1.29 is 4.74 Å². The molecule has 0 amide bonds. The van der Waals surface area contributed by atoms with Crippen molar-refractivity contribution in [1.29, 1.82) is 0 Å². The van der Waals surface area contributed by atoms with Gasteiger partial charge in [0.2, 0.25) is 0 Å². The molecule has 1 saturated heterocycles. The van der Waals surface area contributed by atoms with E-state index in [0.29, 0.717) is 6.10 Å². The van der Waals surface area contributed by atoms with Gasteiger partial charge in [0.15, 0.2) is 0 Å². The highest BCUT2D eigenvalue weighted by molar-refractivity contribution is 7.18. The fourth-order valence-corrected chi connectivity index (χ4v) is 3.36. The van der Waals surface area contributed by atoms with Crippen molar-refractivity contribution in [1.82, 2.24) is 4.98 Å². The van der Waals surface area contributed by atoms with Gasteiger partial charge in [0.25, 0.3) is 0 Å². The minimum atomic E-state index is 0.317. The van der Waals surface area contributed by atoms with Gasteiger partial charge < -0.3 is 15.4 Å². The highest BCUT2D eigenvalue weighted by Crippen LogP contribution is 2.33. The Morgan fingerprint density at radius 2 is 2.33 bits per heavy atom. The van der Waals surface area contributed by atoms with Crippen LogP contribution in [-0.4, -0.2) is 31.3 Å². The second-order valence-corrected chi connectivity index (χ2v) is 5.94. The van der Waals surface area contributed by atoms with E-state index < -0.39 is 0 Å². The van der Waals surface area contributed by atoms with Crippen molar-refractivity contribution in [2.24, 2.45) is 0 Å². The van der Waals surface area contributed by atoms with Gasteiger partial charge in [-0.3, -0.25) is 0 Å². The number of nitrogens with two attached hydrogens (primary N) is 1. The van der Waals surface area contributed by atoms with Gasteiger partial charge >= 0.3 is 0 Å². The smallest absolute Gasteiger partial charge is 0.0907 e. The van der Waals surface area contributed by atoms with Crippen molar-refractivity contribution >= 4 is 32.9 Å². The molecule has 0 spiro atoms. The number of fused-ring (bicyclic) bond motifs is 1. The van der Waals surface area contributed by atoms with E-state index in [9.17, 15) is 0 Å². The molecule has 5 heteroatoms. The first-order chi connectivity index (χ1) is 8.67. The maximum Gasteiger partial charge on any atom is 0.0907 e. The van der Waals surface area contributed by atoms with E-state index in [4.69, 9.17) is 10.5 Å². The number of aryl methyl sites for hydroxylation is 1. The molecule has 18 heavy (non-hydrogen) atoms. The predicted molar refractivity (Wildman–Crippen MR) is 76.4 cm³/mol. The van der Waals surface area contributed by atoms with Crippen LogP contribution in [0.5, 0.6) is 0 Å². The fraction of sp³-hybridized carbons (Fsp3) is 0.462. The van der Waals surface area contributed by atoms with Gasteiger partial charge in [-0.25, -0.2) is 4.98 Å². The first-order valence-electron chi connectivity index (χ1n) is 6.12. The highest BCUT2D eigenvalue weighted by Gasteiger charge is 2.24. The predicted octanol–water partition coefficient (Wildman–Crippen LogP) is 2.41. The van der Waals surface area contributed by atoms with Crippen LogP contribution < -0.4 is 10.6 Å². The van der Waals surface area contributed by atoms with E-state index >= 15 is 0 Å². The molecule has 0 aliphatic carbocycles. The second-order valence-electron chi connectivity index (χ2n) is 4.70. The molecule has 1 aromatic carbocycles. The Morgan fingerprint density at radius 1 is 1.50 bits per heavy atom. The van der Waals surface area contributed by atoms with Gasteiger partial charge in [0.05, 0.1) is 32.7 Å². The van der Waals surface area contributed by atoms with Gasteiger partial charge in [-0.15, -0.1) is 11.3 Å². The molecule has 1 aliphatic rings. The average molecular weight is 263 g/mol. The molecule has 0 radical (unpaired) electrons. The summed E-state index contributed by atoms with van der Waals surface area (Å²) in [4.78, 5) is 6.82. The molecular formula is C13H17N3OS. The molecular weight excluding hydrogens is 246 g/mol. The zero-order valence-electron chi connectivity index (χ0n) is 10.6. The number of aromatic nitrogens is 1. The van der Waals surface area contributed by atoms with Gasteiger partial charge in [-0.05, 0) is 25.5 Å². The standard InChI is InChI=1S/C13H17N3OS/c1-8-15-11-6-12(10(14)5-13(11)18-8)16-4-3-9(7-16)17-2/h5-6,9H,3-4,7,14H2,1-2H3. The van der Waals surface area contributed by atoms with Crippen molar-refractivity contribution in [3.05, 3.63) is 17.1 Å². The quantitative estimate of drug-likeness (QED) is 0.845. The van der Waals surface area contributed by atoms with Gasteiger partial charge in [-0.2, -0.15) is 0 Å². The Morgan fingerprint density at radius 3 is 3.06 bits per heavy atom. The molecule has 0 saturated carbocycles. The lowest BCUT2D eigenvalue weighted by Gasteiger charge is -2.20.